The number of sulfonamides is 1. The fraction of sp³-hybridized carbons (Fsp3) is 0.391. The molecule has 0 saturated heterocycles. The molecule has 0 aliphatic carbocycles. The van der Waals surface area contributed by atoms with E-state index in [0.29, 0.717) is 25.1 Å². The van der Waals surface area contributed by atoms with Gasteiger partial charge in [-0.2, -0.15) is 4.31 Å². The summed E-state index contributed by atoms with van der Waals surface area (Å²) in [5.41, 5.74) is 1.16. The van der Waals surface area contributed by atoms with Crippen LogP contribution in [-0.4, -0.2) is 56.2 Å². The van der Waals surface area contributed by atoms with Crippen molar-refractivity contribution < 1.29 is 27.1 Å². The van der Waals surface area contributed by atoms with Gasteiger partial charge in [0.1, 0.15) is 5.82 Å². The average molecular weight is 465 g/mol. The van der Waals surface area contributed by atoms with Crippen LogP contribution in [0.25, 0.3) is 0 Å². The van der Waals surface area contributed by atoms with Crippen molar-refractivity contribution in [3.05, 3.63) is 65.5 Å². The van der Waals surface area contributed by atoms with Crippen molar-refractivity contribution in [1.82, 2.24) is 9.21 Å². The van der Waals surface area contributed by atoms with Gasteiger partial charge < -0.3 is 9.64 Å². The van der Waals surface area contributed by atoms with E-state index in [-0.39, 0.29) is 17.9 Å². The van der Waals surface area contributed by atoms with E-state index in [9.17, 15) is 22.4 Å². The highest BCUT2D eigenvalue weighted by Gasteiger charge is 2.21. The number of esters is 1. The molecule has 0 N–H and O–H groups in total. The average Bonchev–Trinajstić information content (AvgIpc) is 2.78. The van der Waals surface area contributed by atoms with Gasteiger partial charge in [0.2, 0.25) is 10.0 Å². The molecule has 0 bridgehead atoms. The van der Waals surface area contributed by atoms with E-state index in [1.54, 1.807) is 44.2 Å². The van der Waals surface area contributed by atoms with Crippen LogP contribution in [0.2, 0.25) is 0 Å². The molecule has 0 unspecified atom stereocenters. The monoisotopic (exact) mass is 464 g/mol. The number of amides is 1. The summed E-state index contributed by atoms with van der Waals surface area (Å²) < 4.78 is 45.1. The second-order valence-electron chi connectivity index (χ2n) is 7.24. The molecule has 0 aromatic heterocycles. The number of carbonyl (C=O) groups excluding carboxylic acids is 2. The molecule has 0 aliphatic rings. The second kappa shape index (κ2) is 11.7. The Balaban J connectivity index is 1.81. The van der Waals surface area contributed by atoms with Gasteiger partial charge in [0.05, 0.1) is 4.90 Å². The van der Waals surface area contributed by atoms with E-state index in [0.717, 1.165) is 5.56 Å². The van der Waals surface area contributed by atoms with Crippen molar-refractivity contribution >= 4 is 21.9 Å². The lowest BCUT2D eigenvalue weighted by Gasteiger charge is -2.18. The number of hydrogen-bond acceptors (Lipinski definition) is 5. The molecule has 2 rings (SSSR count). The lowest BCUT2D eigenvalue weighted by molar-refractivity contribution is -0.151. The number of carbonyl (C=O) groups is 2. The predicted octanol–water partition coefficient (Wildman–Crippen LogP) is 2.99. The zero-order valence-electron chi connectivity index (χ0n) is 18.6. The molecular formula is C23H29FN2O5S. The Kier molecular flexibility index (Phi) is 9.34. The number of benzene rings is 2. The highest BCUT2D eigenvalue weighted by atomic mass is 32.2. The highest BCUT2D eigenvalue weighted by molar-refractivity contribution is 7.89. The molecule has 0 atom stereocenters. The Hall–Kier alpha value is -2.78. The molecule has 32 heavy (non-hydrogen) atoms. The van der Waals surface area contributed by atoms with Crippen LogP contribution < -0.4 is 0 Å². The summed E-state index contributed by atoms with van der Waals surface area (Å²) in [4.78, 5) is 25.6. The van der Waals surface area contributed by atoms with Crippen LogP contribution in [-0.2, 0) is 37.3 Å². The summed E-state index contributed by atoms with van der Waals surface area (Å²) in [6.45, 7) is 3.99. The summed E-state index contributed by atoms with van der Waals surface area (Å²) in [7, 11) is -2.01. The zero-order valence-corrected chi connectivity index (χ0v) is 19.4. The van der Waals surface area contributed by atoms with Crippen molar-refractivity contribution in [2.24, 2.45) is 0 Å². The first-order valence-corrected chi connectivity index (χ1v) is 11.8. The van der Waals surface area contributed by atoms with Gasteiger partial charge in [-0.15, -0.1) is 0 Å². The van der Waals surface area contributed by atoms with Crippen LogP contribution in [0.3, 0.4) is 0 Å². The molecule has 9 heteroatoms. The number of halogens is 1. The first-order valence-electron chi connectivity index (χ1n) is 10.4. The van der Waals surface area contributed by atoms with Gasteiger partial charge >= 0.3 is 5.97 Å². The quantitative estimate of drug-likeness (QED) is 0.478. The Labute approximate surface area is 188 Å². The highest BCUT2D eigenvalue weighted by Crippen LogP contribution is 2.17. The maximum Gasteiger partial charge on any atom is 0.306 e. The van der Waals surface area contributed by atoms with E-state index in [1.165, 1.54) is 34.5 Å². The first kappa shape index (κ1) is 25.5. The first-order chi connectivity index (χ1) is 15.2. The molecule has 0 radical (unpaired) electrons. The van der Waals surface area contributed by atoms with Gasteiger partial charge in [0.15, 0.2) is 6.61 Å². The van der Waals surface area contributed by atoms with Crippen LogP contribution in [0.5, 0.6) is 0 Å². The maximum atomic E-state index is 13.7. The third kappa shape index (κ3) is 6.86. The van der Waals surface area contributed by atoms with Crippen molar-refractivity contribution in [3.8, 4) is 0 Å². The summed E-state index contributed by atoms with van der Waals surface area (Å²) in [5, 5.41) is 0. The largest absolute Gasteiger partial charge is 0.456 e. The van der Waals surface area contributed by atoms with E-state index in [4.69, 9.17) is 4.74 Å². The molecular weight excluding hydrogens is 435 g/mol. The van der Waals surface area contributed by atoms with E-state index >= 15 is 0 Å². The lowest BCUT2D eigenvalue weighted by atomic mass is 10.1. The number of ether oxygens (including phenoxy) is 1. The maximum absolute atomic E-state index is 13.7. The normalized spacial score (nSPS) is 11.4. The minimum absolute atomic E-state index is 0.0481. The van der Waals surface area contributed by atoms with Gasteiger partial charge in [-0.3, -0.25) is 9.59 Å². The number of aryl methyl sites for hydroxylation is 1. The standard InChI is InChI=1S/C23H29FN2O5S/c1-4-26(5-2)32(29,30)20-13-10-18(11-14-20)12-15-23(28)31-17-22(27)25(3)16-19-8-6-7-9-21(19)24/h6-11,13-14H,4-5,12,15-17H2,1-3H3. The Morgan fingerprint density at radius 3 is 2.22 bits per heavy atom. The van der Waals surface area contributed by atoms with E-state index < -0.39 is 34.3 Å². The predicted molar refractivity (Wildman–Crippen MR) is 119 cm³/mol. The number of hydrogen-bond donors (Lipinski definition) is 0. The van der Waals surface area contributed by atoms with Gasteiger partial charge in [-0.05, 0) is 30.2 Å². The fourth-order valence-corrected chi connectivity index (χ4v) is 4.54. The summed E-state index contributed by atoms with van der Waals surface area (Å²) in [6.07, 6.45) is 0.399. The molecule has 0 aliphatic heterocycles. The minimum Gasteiger partial charge on any atom is -0.456 e. The molecule has 174 valence electrons. The van der Waals surface area contributed by atoms with Crippen LogP contribution in [0.15, 0.2) is 53.4 Å². The Morgan fingerprint density at radius 1 is 1.00 bits per heavy atom. The molecule has 2 aromatic rings. The van der Waals surface area contributed by atoms with Crippen molar-refractivity contribution in [3.63, 3.8) is 0 Å². The Morgan fingerprint density at radius 2 is 1.62 bits per heavy atom. The third-order valence-electron chi connectivity index (χ3n) is 5.03. The number of likely N-dealkylation sites (N-methyl/N-ethyl adjacent to an activating group) is 1. The van der Waals surface area contributed by atoms with Crippen molar-refractivity contribution in [2.45, 2.75) is 38.1 Å². The van der Waals surface area contributed by atoms with Crippen LogP contribution in [0, 0.1) is 5.82 Å². The SMILES string of the molecule is CCN(CC)S(=O)(=O)c1ccc(CCC(=O)OCC(=O)N(C)Cc2ccccc2F)cc1. The molecule has 1 amide bonds. The van der Waals surface area contributed by atoms with Gasteiger partial charge in [0.25, 0.3) is 5.91 Å². The van der Waals surface area contributed by atoms with E-state index in [2.05, 4.69) is 0 Å². The molecule has 0 fully saturated rings. The van der Waals surface area contributed by atoms with Crippen LogP contribution >= 0.6 is 0 Å². The number of nitrogens with zero attached hydrogens (tertiary/aromatic N) is 2. The van der Waals surface area contributed by atoms with Crippen molar-refractivity contribution in [1.29, 1.82) is 0 Å². The van der Waals surface area contributed by atoms with Crippen LogP contribution in [0.1, 0.15) is 31.4 Å². The van der Waals surface area contributed by atoms with Crippen molar-refractivity contribution in [2.75, 3.05) is 26.7 Å². The lowest BCUT2D eigenvalue weighted by Crippen LogP contribution is -2.31. The topological polar surface area (TPSA) is 84.0 Å². The van der Waals surface area contributed by atoms with Gasteiger partial charge in [-0.25, -0.2) is 12.8 Å². The number of rotatable bonds is 11. The minimum atomic E-state index is -3.52. The zero-order chi connectivity index (χ0) is 23.7. The van der Waals surface area contributed by atoms with Gasteiger partial charge in [0, 0.05) is 38.7 Å². The fourth-order valence-electron chi connectivity index (χ4n) is 3.08. The summed E-state index contributed by atoms with van der Waals surface area (Å²) in [6, 6.07) is 12.5. The third-order valence-corrected chi connectivity index (χ3v) is 7.10. The second-order valence-corrected chi connectivity index (χ2v) is 9.17. The molecule has 0 heterocycles. The van der Waals surface area contributed by atoms with Crippen LogP contribution in [0.4, 0.5) is 4.39 Å². The van der Waals surface area contributed by atoms with Gasteiger partial charge in [-0.1, -0.05) is 44.2 Å². The molecule has 2 aromatic carbocycles. The molecule has 0 spiro atoms. The molecule has 0 saturated carbocycles. The smallest absolute Gasteiger partial charge is 0.306 e. The molecule has 7 nitrogen and oxygen atoms in total. The Bertz CT molecular complexity index is 1020. The summed E-state index contributed by atoms with van der Waals surface area (Å²) in [5.74, 6) is -1.38. The summed E-state index contributed by atoms with van der Waals surface area (Å²) >= 11 is 0. The van der Waals surface area contributed by atoms with E-state index in [1.807, 2.05) is 0 Å².